The first-order valence-electron chi connectivity index (χ1n) is 8.23. The maximum atomic E-state index is 12.6. The molecule has 0 unspecified atom stereocenters. The second-order valence-electron chi connectivity index (χ2n) is 6.45. The maximum absolute atomic E-state index is 12.6. The standard InChI is InChI=1S/C18H22N4O2/c1-13(2)11-24-12-16-8-19-7-15-10-22(6-4-17(15)16)18(23)14-3-5-20-21-9-14/h3,5,7-9,13H,4,6,10-12H2,1-2H3. The van der Waals surface area contributed by atoms with Crippen molar-refractivity contribution in [2.24, 2.45) is 5.92 Å². The van der Waals surface area contributed by atoms with Crippen molar-refractivity contribution in [2.75, 3.05) is 13.2 Å². The van der Waals surface area contributed by atoms with Crippen molar-refractivity contribution in [3.63, 3.8) is 0 Å². The molecule has 6 nitrogen and oxygen atoms in total. The minimum Gasteiger partial charge on any atom is -0.376 e. The zero-order valence-electron chi connectivity index (χ0n) is 14.1. The molecule has 0 fully saturated rings. The van der Waals surface area contributed by atoms with Gasteiger partial charge >= 0.3 is 0 Å². The van der Waals surface area contributed by atoms with Crippen LogP contribution in [0.4, 0.5) is 0 Å². The van der Waals surface area contributed by atoms with Crippen LogP contribution in [-0.2, 0) is 24.3 Å². The third-order valence-electron chi connectivity index (χ3n) is 4.06. The lowest BCUT2D eigenvalue weighted by molar-refractivity contribution is 0.0730. The van der Waals surface area contributed by atoms with Gasteiger partial charge in [0.25, 0.3) is 5.91 Å². The number of amides is 1. The summed E-state index contributed by atoms with van der Waals surface area (Å²) < 4.78 is 5.76. The van der Waals surface area contributed by atoms with E-state index in [1.165, 1.54) is 18.0 Å². The fourth-order valence-corrected chi connectivity index (χ4v) is 2.87. The largest absolute Gasteiger partial charge is 0.376 e. The van der Waals surface area contributed by atoms with Crippen LogP contribution >= 0.6 is 0 Å². The smallest absolute Gasteiger partial charge is 0.255 e. The molecule has 2 aromatic heterocycles. The quantitative estimate of drug-likeness (QED) is 0.843. The molecule has 2 aromatic rings. The summed E-state index contributed by atoms with van der Waals surface area (Å²) in [6, 6.07) is 1.69. The Morgan fingerprint density at radius 3 is 2.92 bits per heavy atom. The van der Waals surface area contributed by atoms with Crippen LogP contribution in [0.15, 0.2) is 30.9 Å². The highest BCUT2D eigenvalue weighted by Gasteiger charge is 2.23. The molecule has 3 heterocycles. The van der Waals surface area contributed by atoms with E-state index >= 15 is 0 Å². The Morgan fingerprint density at radius 1 is 1.29 bits per heavy atom. The van der Waals surface area contributed by atoms with Gasteiger partial charge in [-0.2, -0.15) is 10.2 Å². The summed E-state index contributed by atoms with van der Waals surface area (Å²) in [6.45, 7) is 6.85. The normalized spacial score (nSPS) is 13.9. The van der Waals surface area contributed by atoms with Crippen LogP contribution in [0.1, 0.15) is 40.9 Å². The van der Waals surface area contributed by atoms with E-state index in [1.54, 1.807) is 6.07 Å². The third-order valence-corrected chi connectivity index (χ3v) is 4.06. The summed E-state index contributed by atoms with van der Waals surface area (Å²) in [7, 11) is 0. The molecule has 1 amide bonds. The zero-order chi connectivity index (χ0) is 16.9. The Morgan fingerprint density at radius 2 is 2.17 bits per heavy atom. The molecule has 0 spiro atoms. The van der Waals surface area contributed by atoms with Crippen molar-refractivity contribution in [1.29, 1.82) is 0 Å². The molecule has 0 atom stereocenters. The van der Waals surface area contributed by atoms with Gasteiger partial charge < -0.3 is 9.64 Å². The Hall–Kier alpha value is -2.34. The fourth-order valence-electron chi connectivity index (χ4n) is 2.87. The van der Waals surface area contributed by atoms with Crippen molar-refractivity contribution in [2.45, 2.75) is 33.4 Å². The number of carbonyl (C=O) groups excluding carboxylic acids is 1. The van der Waals surface area contributed by atoms with E-state index in [1.807, 2.05) is 17.3 Å². The molecular formula is C18H22N4O2. The van der Waals surface area contributed by atoms with Gasteiger partial charge in [-0.3, -0.25) is 9.78 Å². The van der Waals surface area contributed by atoms with Crippen LogP contribution in [0.3, 0.4) is 0 Å². The number of aromatic nitrogens is 3. The number of fused-ring (bicyclic) bond motifs is 1. The van der Waals surface area contributed by atoms with Crippen molar-refractivity contribution < 1.29 is 9.53 Å². The van der Waals surface area contributed by atoms with Crippen LogP contribution in [0.25, 0.3) is 0 Å². The summed E-state index contributed by atoms with van der Waals surface area (Å²) in [5.41, 5.74) is 4.07. The molecule has 24 heavy (non-hydrogen) atoms. The number of pyridine rings is 1. The molecule has 0 N–H and O–H groups in total. The number of nitrogens with zero attached hydrogens (tertiary/aromatic N) is 4. The van der Waals surface area contributed by atoms with Gasteiger partial charge in [0.1, 0.15) is 0 Å². The second-order valence-corrected chi connectivity index (χ2v) is 6.45. The van der Waals surface area contributed by atoms with E-state index in [9.17, 15) is 4.79 Å². The number of hydrogen-bond acceptors (Lipinski definition) is 5. The maximum Gasteiger partial charge on any atom is 0.255 e. The van der Waals surface area contributed by atoms with Crippen molar-refractivity contribution >= 4 is 5.91 Å². The first-order valence-corrected chi connectivity index (χ1v) is 8.23. The summed E-state index contributed by atoms with van der Waals surface area (Å²) >= 11 is 0. The highest BCUT2D eigenvalue weighted by atomic mass is 16.5. The molecule has 126 valence electrons. The van der Waals surface area contributed by atoms with Gasteiger partial charge in [0.05, 0.1) is 24.6 Å². The lowest BCUT2D eigenvalue weighted by atomic mass is 9.97. The fraction of sp³-hybridized carbons (Fsp3) is 0.444. The van der Waals surface area contributed by atoms with Gasteiger partial charge in [-0.05, 0) is 35.1 Å². The topological polar surface area (TPSA) is 68.2 Å². The van der Waals surface area contributed by atoms with E-state index in [0.717, 1.165) is 24.2 Å². The van der Waals surface area contributed by atoms with E-state index in [-0.39, 0.29) is 5.91 Å². The minimum absolute atomic E-state index is 0.0167. The van der Waals surface area contributed by atoms with Gasteiger partial charge in [-0.25, -0.2) is 0 Å². The lowest BCUT2D eigenvalue weighted by Gasteiger charge is -2.29. The average Bonchev–Trinajstić information content (AvgIpc) is 2.61. The Labute approximate surface area is 141 Å². The zero-order valence-corrected chi connectivity index (χ0v) is 14.1. The number of hydrogen-bond donors (Lipinski definition) is 0. The summed E-state index contributed by atoms with van der Waals surface area (Å²) in [4.78, 5) is 18.7. The Balaban J connectivity index is 1.71. The lowest BCUT2D eigenvalue weighted by Crippen LogP contribution is -2.36. The highest BCUT2D eigenvalue weighted by molar-refractivity contribution is 5.93. The predicted molar refractivity (Wildman–Crippen MR) is 89.2 cm³/mol. The monoisotopic (exact) mass is 326 g/mol. The molecule has 1 aliphatic heterocycles. The second kappa shape index (κ2) is 7.49. The van der Waals surface area contributed by atoms with Crippen molar-refractivity contribution in [3.8, 4) is 0 Å². The van der Waals surface area contributed by atoms with Gasteiger partial charge in [-0.1, -0.05) is 13.8 Å². The molecule has 0 saturated heterocycles. The van der Waals surface area contributed by atoms with E-state index in [0.29, 0.717) is 31.2 Å². The molecule has 3 rings (SSSR count). The summed E-state index contributed by atoms with van der Waals surface area (Å²) in [5.74, 6) is 0.497. The Kier molecular flexibility index (Phi) is 5.15. The van der Waals surface area contributed by atoms with Crippen LogP contribution in [-0.4, -0.2) is 39.1 Å². The van der Waals surface area contributed by atoms with Gasteiger partial charge in [-0.15, -0.1) is 0 Å². The predicted octanol–water partition coefficient (Wildman–Crippen LogP) is 2.24. The average molecular weight is 326 g/mol. The summed E-state index contributed by atoms with van der Waals surface area (Å²) in [6.07, 6.45) is 7.60. The van der Waals surface area contributed by atoms with Gasteiger partial charge in [0.15, 0.2) is 0 Å². The van der Waals surface area contributed by atoms with Crippen LogP contribution < -0.4 is 0 Å². The van der Waals surface area contributed by atoms with Crippen molar-refractivity contribution in [3.05, 3.63) is 53.1 Å². The minimum atomic E-state index is -0.0167. The molecule has 1 aliphatic rings. The van der Waals surface area contributed by atoms with E-state index in [4.69, 9.17) is 4.74 Å². The number of ether oxygens (including phenoxy) is 1. The molecular weight excluding hydrogens is 304 g/mol. The van der Waals surface area contributed by atoms with Crippen LogP contribution in [0, 0.1) is 5.92 Å². The van der Waals surface area contributed by atoms with E-state index < -0.39 is 0 Å². The summed E-state index contributed by atoms with van der Waals surface area (Å²) in [5, 5.41) is 7.50. The number of carbonyl (C=O) groups is 1. The SMILES string of the molecule is CC(C)COCc1cncc2c1CCN(C(=O)c1ccnnc1)C2. The van der Waals surface area contributed by atoms with Crippen molar-refractivity contribution in [1.82, 2.24) is 20.1 Å². The number of rotatable bonds is 5. The third kappa shape index (κ3) is 3.76. The highest BCUT2D eigenvalue weighted by Crippen LogP contribution is 2.23. The Bertz CT molecular complexity index is 703. The molecule has 0 aliphatic carbocycles. The molecule has 0 saturated carbocycles. The first kappa shape index (κ1) is 16.5. The van der Waals surface area contributed by atoms with Crippen LogP contribution in [0.5, 0.6) is 0 Å². The molecule has 0 radical (unpaired) electrons. The van der Waals surface area contributed by atoms with Gasteiger partial charge in [0.2, 0.25) is 0 Å². The molecule has 0 bridgehead atoms. The van der Waals surface area contributed by atoms with Gasteiger partial charge in [0, 0.05) is 32.1 Å². The van der Waals surface area contributed by atoms with Crippen LogP contribution in [0.2, 0.25) is 0 Å². The molecule has 0 aromatic carbocycles. The molecule has 6 heteroatoms. The van der Waals surface area contributed by atoms with E-state index in [2.05, 4.69) is 29.0 Å². The first-order chi connectivity index (χ1) is 11.6.